The van der Waals surface area contributed by atoms with Gasteiger partial charge < -0.3 is 14.8 Å². The van der Waals surface area contributed by atoms with E-state index < -0.39 is 0 Å². The van der Waals surface area contributed by atoms with Crippen molar-refractivity contribution in [2.24, 2.45) is 0 Å². The minimum absolute atomic E-state index is 0.0727. The third-order valence-corrected chi connectivity index (χ3v) is 3.64. The van der Waals surface area contributed by atoms with Crippen molar-refractivity contribution >= 4 is 29.1 Å². The van der Waals surface area contributed by atoms with Gasteiger partial charge in [0.05, 0.1) is 6.54 Å². The van der Waals surface area contributed by atoms with Gasteiger partial charge in [-0.3, -0.25) is 4.79 Å². The maximum absolute atomic E-state index is 11.7. The number of ether oxygens (including phenoxy) is 2. The molecule has 0 saturated heterocycles. The normalized spacial score (nSPS) is 10.2. The van der Waals surface area contributed by atoms with Crippen LogP contribution in [0.5, 0.6) is 11.5 Å². The molecule has 4 nitrogen and oxygen atoms in total. The first-order valence-corrected chi connectivity index (χ1v) is 7.84. The van der Waals surface area contributed by atoms with Gasteiger partial charge in [-0.1, -0.05) is 35.3 Å². The first-order chi connectivity index (χ1) is 11.0. The van der Waals surface area contributed by atoms with Crippen LogP contribution in [0.15, 0.2) is 42.5 Å². The lowest BCUT2D eigenvalue weighted by Crippen LogP contribution is -2.32. The molecular formula is C17H17Cl2NO3. The molecule has 0 spiro atoms. The van der Waals surface area contributed by atoms with Gasteiger partial charge in [0.1, 0.15) is 18.1 Å². The highest BCUT2D eigenvalue weighted by molar-refractivity contribution is 6.31. The minimum Gasteiger partial charge on any atom is -0.492 e. The molecule has 0 unspecified atom stereocenters. The minimum atomic E-state index is -0.226. The van der Waals surface area contributed by atoms with Crippen LogP contribution in [-0.4, -0.2) is 25.7 Å². The Morgan fingerprint density at radius 2 is 1.87 bits per heavy atom. The van der Waals surface area contributed by atoms with Gasteiger partial charge in [0, 0.05) is 10.0 Å². The molecule has 2 aromatic carbocycles. The predicted molar refractivity (Wildman–Crippen MR) is 91.6 cm³/mol. The van der Waals surface area contributed by atoms with Gasteiger partial charge in [0.25, 0.3) is 5.91 Å². The topological polar surface area (TPSA) is 47.6 Å². The highest BCUT2D eigenvalue weighted by Gasteiger charge is 2.03. The van der Waals surface area contributed by atoms with Crippen LogP contribution in [0.25, 0.3) is 0 Å². The van der Waals surface area contributed by atoms with Gasteiger partial charge >= 0.3 is 0 Å². The van der Waals surface area contributed by atoms with Crippen molar-refractivity contribution in [3.05, 3.63) is 58.1 Å². The summed E-state index contributed by atoms with van der Waals surface area (Å²) in [7, 11) is 0. The molecule has 0 aliphatic rings. The first kappa shape index (κ1) is 17.4. The lowest BCUT2D eigenvalue weighted by molar-refractivity contribution is -0.123. The Morgan fingerprint density at radius 3 is 2.61 bits per heavy atom. The summed E-state index contributed by atoms with van der Waals surface area (Å²) in [6, 6.07) is 12.4. The van der Waals surface area contributed by atoms with Crippen LogP contribution in [0.4, 0.5) is 0 Å². The fraction of sp³-hybridized carbons (Fsp3) is 0.235. The number of halogens is 2. The zero-order chi connectivity index (χ0) is 16.7. The molecule has 0 fully saturated rings. The zero-order valence-electron chi connectivity index (χ0n) is 12.6. The fourth-order valence-corrected chi connectivity index (χ4v) is 2.13. The van der Waals surface area contributed by atoms with Crippen LogP contribution in [0.3, 0.4) is 0 Å². The van der Waals surface area contributed by atoms with Crippen LogP contribution >= 0.6 is 23.2 Å². The molecule has 2 rings (SSSR count). The van der Waals surface area contributed by atoms with Crippen LogP contribution in [0, 0.1) is 6.92 Å². The van der Waals surface area contributed by atoms with Crippen molar-refractivity contribution in [1.29, 1.82) is 0 Å². The van der Waals surface area contributed by atoms with Crippen molar-refractivity contribution < 1.29 is 14.3 Å². The number of hydrogen-bond acceptors (Lipinski definition) is 3. The number of aryl methyl sites for hydroxylation is 1. The maximum Gasteiger partial charge on any atom is 0.258 e. The smallest absolute Gasteiger partial charge is 0.258 e. The zero-order valence-corrected chi connectivity index (χ0v) is 14.2. The molecule has 0 radical (unpaired) electrons. The molecule has 0 aliphatic carbocycles. The van der Waals surface area contributed by atoms with Crippen molar-refractivity contribution in [2.45, 2.75) is 6.92 Å². The van der Waals surface area contributed by atoms with Crippen molar-refractivity contribution in [3.8, 4) is 11.5 Å². The summed E-state index contributed by atoms with van der Waals surface area (Å²) in [5.41, 5.74) is 0.991. The molecule has 0 heterocycles. The summed E-state index contributed by atoms with van der Waals surface area (Å²) < 4.78 is 10.9. The standard InChI is InChI=1S/C17H17Cl2NO3/c1-12-5-6-15(10-16(12)19)22-8-7-20-17(21)11-23-14-4-2-3-13(18)9-14/h2-6,9-10H,7-8,11H2,1H3,(H,20,21). The largest absolute Gasteiger partial charge is 0.492 e. The SMILES string of the molecule is Cc1ccc(OCCNC(=O)COc2cccc(Cl)c2)cc1Cl. The van der Waals surface area contributed by atoms with E-state index in [0.717, 1.165) is 5.56 Å². The average molecular weight is 354 g/mol. The molecule has 23 heavy (non-hydrogen) atoms. The van der Waals surface area contributed by atoms with Crippen LogP contribution < -0.4 is 14.8 Å². The fourth-order valence-electron chi connectivity index (χ4n) is 1.78. The summed E-state index contributed by atoms with van der Waals surface area (Å²) in [6.45, 7) is 2.58. The quantitative estimate of drug-likeness (QED) is 0.768. The number of carbonyl (C=O) groups is 1. The number of benzene rings is 2. The summed E-state index contributed by atoms with van der Waals surface area (Å²) in [5.74, 6) is 0.999. The Hall–Kier alpha value is -1.91. The third-order valence-electron chi connectivity index (χ3n) is 3.00. The molecule has 1 amide bonds. The highest BCUT2D eigenvalue weighted by Crippen LogP contribution is 2.21. The molecule has 0 aromatic heterocycles. The van der Waals surface area contributed by atoms with E-state index in [1.54, 1.807) is 30.3 Å². The Kier molecular flexibility index (Phi) is 6.56. The van der Waals surface area contributed by atoms with Gasteiger partial charge in [0.2, 0.25) is 0 Å². The molecule has 2 aromatic rings. The molecule has 6 heteroatoms. The number of carbonyl (C=O) groups excluding carboxylic acids is 1. The van der Waals surface area contributed by atoms with E-state index in [2.05, 4.69) is 5.32 Å². The van der Waals surface area contributed by atoms with E-state index in [9.17, 15) is 4.79 Å². The summed E-state index contributed by atoms with van der Waals surface area (Å²) in [4.78, 5) is 11.7. The molecule has 0 aliphatic heterocycles. The lowest BCUT2D eigenvalue weighted by atomic mass is 10.2. The number of rotatable bonds is 7. The van der Waals surface area contributed by atoms with Crippen LogP contribution in [0.1, 0.15) is 5.56 Å². The van der Waals surface area contributed by atoms with Crippen LogP contribution in [0.2, 0.25) is 10.0 Å². The van der Waals surface area contributed by atoms with Gasteiger partial charge in [-0.25, -0.2) is 0 Å². The molecule has 1 N–H and O–H groups in total. The van der Waals surface area contributed by atoms with Crippen LogP contribution in [-0.2, 0) is 4.79 Å². The molecule has 0 atom stereocenters. The van der Waals surface area contributed by atoms with Crippen molar-refractivity contribution in [2.75, 3.05) is 19.8 Å². The summed E-state index contributed by atoms with van der Waals surface area (Å²) in [6.07, 6.45) is 0. The second-order valence-electron chi connectivity index (χ2n) is 4.86. The van der Waals surface area contributed by atoms with Gasteiger partial charge in [0.15, 0.2) is 6.61 Å². The lowest BCUT2D eigenvalue weighted by Gasteiger charge is -2.09. The van der Waals surface area contributed by atoms with Crippen molar-refractivity contribution in [3.63, 3.8) is 0 Å². The van der Waals surface area contributed by atoms with E-state index in [4.69, 9.17) is 32.7 Å². The monoisotopic (exact) mass is 353 g/mol. The highest BCUT2D eigenvalue weighted by atomic mass is 35.5. The maximum atomic E-state index is 11.7. The van der Waals surface area contributed by atoms with E-state index in [-0.39, 0.29) is 12.5 Å². The van der Waals surface area contributed by atoms with Gasteiger partial charge in [-0.2, -0.15) is 0 Å². The van der Waals surface area contributed by atoms with E-state index in [0.29, 0.717) is 34.7 Å². The average Bonchev–Trinajstić information content (AvgIpc) is 2.53. The summed E-state index contributed by atoms with van der Waals surface area (Å²) in [5, 5.41) is 3.93. The summed E-state index contributed by atoms with van der Waals surface area (Å²) >= 11 is 11.8. The Balaban J connectivity index is 1.65. The molecule has 0 bridgehead atoms. The van der Waals surface area contributed by atoms with E-state index >= 15 is 0 Å². The van der Waals surface area contributed by atoms with E-state index in [1.165, 1.54) is 0 Å². The molecule has 0 saturated carbocycles. The van der Waals surface area contributed by atoms with Crippen molar-refractivity contribution in [1.82, 2.24) is 5.32 Å². The Bertz CT molecular complexity index is 677. The van der Waals surface area contributed by atoms with E-state index in [1.807, 2.05) is 19.1 Å². The Morgan fingerprint density at radius 1 is 1.09 bits per heavy atom. The number of amides is 1. The number of hydrogen-bond donors (Lipinski definition) is 1. The third kappa shape index (κ3) is 6.00. The molecule has 122 valence electrons. The number of nitrogens with one attached hydrogen (secondary N) is 1. The molecular weight excluding hydrogens is 337 g/mol. The predicted octanol–water partition coefficient (Wildman–Crippen LogP) is 3.88. The first-order valence-electron chi connectivity index (χ1n) is 7.08. The van der Waals surface area contributed by atoms with Gasteiger partial charge in [-0.15, -0.1) is 0 Å². The van der Waals surface area contributed by atoms with Gasteiger partial charge in [-0.05, 0) is 42.8 Å². The second-order valence-corrected chi connectivity index (χ2v) is 5.70. The Labute approximate surface area is 145 Å². The second kappa shape index (κ2) is 8.65.